The van der Waals surface area contributed by atoms with Gasteiger partial charge in [0.15, 0.2) is 5.78 Å². The predicted molar refractivity (Wildman–Crippen MR) is 63.2 cm³/mol. The highest BCUT2D eigenvalue weighted by Crippen LogP contribution is 2.32. The van der Waals surface area contributed by atoms with E-state index < -0.39 is 11.0 Å². The second-order valence-electron chi connectivity index (χ2n) is 4.93. The number of aryl methyl sites for hydroxylation is 1. The lowest BCUT2D eigenvalue weighted by Gasteiger charge is -2.36. The standard InChI is InChI=1S/C11H18N2OS/c1-7-13-8(6-15-7)9(14)10(2,3)11(4,5)12/h6H,12H2,1-5H3. The highest BCUT2D eigenvalue weighted by Gasteiger charge is 2.41. The molecule has 0 amide bonds. The molecular weight excluding hydrogens is 208 g/mol. The van der Waals surface area contributed by atoms with Crippen LogP contribution >= 0.6 is 11.3 Å². The van der Waals surface area contributed by atoms with E-state index in [0.29, 0.717) is 5.69 Å². The average molecular weight is 226 g/mol. The number of Topliss-reactive ketones (excluding diaryl/α,β-unsaturated/α-hetero) is 1. The lowest BCUT2D eigenvalue weighted by molar-refractivity contribution is 0.0730. The SMILES string of the molecule is Cc1nc(C(=O)C(C)(C)C(C)(C)N)cs1. The van der Waals surface area contributed by atoms with E-state index in [4.69, 9.17) is 5.73 Å². The van der Waals surface area contributed by atoms with Gasteiger partial charge in [-0.25, -0.2) is 4.98 Å². The van der Waals surface area contributed by atoms with Crippen LogP contribution in [0.2, 0.25) is 0 Å². The Balaban J connectivity index is 3.05. The fraction of sp³-hybridized carbons (Fsp3) is 0.636. The third-order valence-electron chi connectivity index (χ3n) is 3.03. The number of nitrogens with two attached hydrogens (primary N) is 1. The number of aromatic nitrogens is 1. The summed E-state index contributed by atoms with van der Waals surface area (Å²) in [5, 5.41) is 2.70. The molecule has 0 aliphatic carbocycles. The molecule has 1 rings (SSSR count). The zero-order valence-corrected chi connectivity index (χ0v) is 10.7. The van der Waals surface area contributed by atoms with Gasteiger partial charge in [0.05, 0.1) is 5.01 Å². The lowest BCUT2D eigenvalue weighted by Crippen LogP contribution is -2.51. The van der Waals surface area contributed by atoms with Gasteiger partial charge in [-0.1, -0.05) is 13.8 Å². The van der Waals surface area contributed by atoms with Crippen molar-refractivity contribution in [1.29, 1.82) is 0 Å². The summed E-state index contributed by atoms with van der Waals surface area (Å²) in [4.78, 5) is 16.4. The largest absolute Gasteiger partial charge is 0.325 e. The number of hydrogen-bond acceptors (Lipinski definition) is 4. The number of carbonyl (C=O) groups excluding carboxylic acids is 1. The number of thiazole rings is 1. The number of hydrogen-bond donors (Lipinski definition) is 1. The molecule has 2 N–H and O–H groups in total. The molecule has 1 aromatic heterocycles. The Morgan fingerprint density at radius 1 is 1.40 bits per heavy atom. The van der Waals surface area contributed by atoms with E-state index in [9.17, 15) is 4.79 Å². The van der Waals surface area contributed by atoms with Gasteiger partial charge in [0.1, 0.15) is 5.69 Å². The first-order chi connectivity index (χ1) is 6.66. The van der Waals surface area contributed by atoms with Crippen LogP contribution in [0.5, 0.6) is 0 Å². The zero-order valence-electron chi connectivity index (χ0n) is 9.92. The first kappa shape index (κ1) is 12.3. The van der Waals surface area contributed by atoms with Crippen LogP contribution in [-0.4, -0.2) is 16.3 Å². The fourth-order valence-electron chi connectivity index (χ4n) is 1.08. The summed E-state index contributed by atoms with van der Waals surface area (Å²) in [7, 11) is 0. The molecule has 0 bridgehead atoms. The van der Waals surface area contributed by atoms with Crippen LogP contribution in [0, 0.1) is 12.3 Å². The van der Waals surface area contributed by atoms with Gasteiger partial charge >= 0.3 is 0 Å². The molecule has 0 atom stereocenters. The quantitative estimate of drug-likeness (QED) is 0.805. The highest BCUT2D eigenvalue weighted by molar-refractivity contribution is 7.09. The van der Waals surface area contributed by atoms with Crippen LogP contribution in [0.15, 0.2) is 5.38 Å². The first-order valence-electron chi connectivity index (χ1n) is 4.92. The van der Waals surface area contributed by atoms with Gasteiger partial charge < -0.3 is 5.73 Å². The second kappa shape index (κ2) is 3.68. The fourth-order valence-corrected chi connectivity index (χ4v) is 1.67. The third-order valence-corrected chi connectivity index (χ3v) is 3.80. The minimum Gasteiger partial charge on any atom is -0.325 e. The van der Waals surface area contributed by atoms with E-state index in [1.165, 1.54) is 11.3 Å². The molecule has 1 heterocycles. The van der Waals surface area contributed by atoms with E-state index >= 15 is 0 Å². The summed E-state index contributed by atoms with van der Waals surface area (Å²) in [5.74, 6) is 0.0133. The van der Waals surface area contributed by atoms with E-state index in [1.807, 2.05) is 34.6 Å². The molecule has 84 valence electrons. The van der Waals surface area contributed by atoms with Gasteiger partial charge in [-0.15, -0.1) is 11.3 Å². The summed E-state index contributed by atoms with van der Waals surface area (Å²) in [6, 6.07) is 0. The zero-order chi connectivity index (χ0) is 11.9. The van der Waals surface area contributed by atoms with Gasteiger partial charge in [-0.05, 0) is 20.8 Å². The maximum absolute atomic E-state index is 12.2. The van der Waals surface area contributed by atoms with Crippen LogP contribution in [0.4, 0.5) is 0 Å². The molecule has 0 fully saturated rings. The van der Waals surface area contributed by atoms with Gasteiger partial charge in [-0.3, -0.25) is 4.79 Å². The number of rotatable bonds is 3. The second-order valence-corrected chi connectivity index (χ2v) is 5.99. The van der Waals surface area contributed by atoms with E-state index in [0.717, 1.165) is 5.01 Å². The van der Waals surface area contributed by atoms with Crippen molar-refractivity contribution in [3.05, 3.63) is 16.1 Å². The molecule has 4 heteroatoms. The molecule has 3 nitrogen and oxygen atoms in total. The Kier molecular flexibility index (Phi) is 3.03. The first-order valence-corrected chi connectivity index (χ1v) is 5.80. The monoisotopic (exact) mass is 226 g/mol. The summed E-state index contributed by atoms with van der Waals surface area (Å²) in [6.07, 6.45) is 0. The van der Waals surface area contributed by atoms with Crippen molar-refractivity contribution in [2.45, 2.75) is 40.2 Å². The number of carbonyl (C=O) groups is 1. The topological polar surface area (TPSA) is 56.0 Å². The molecule has 0 saturated heterocycles. The molecule has 0 spiro atoms. The van der Waals surface area contributed by atoms with Crippen LogP contribution in [0.25, 0.3) is 0 Å². The molecule has 0 aliphatic rings. The molecule has 0 saturated carbocycles. The summed E-state index contributed by atoms with van der Waals surface area (Å²) in [6.45, 7) is 9.35. The van der Waals surface area contributed by atoms with Crippen molar-refractivity contribution in [1.82, 2.24) is 4.98 Å². The smallest absolute Gasteiger partial charge is 0.189 e. The molecule has 1 aromatic rings. The van der Waals surface area contributed by atoms with Crippen LogP contribution in [0.1, 0.15) is 43.2 Å². The minimum absolute atomic E-state index is 0.0133. The molecule has 0 aromatic carbocycles. The van der Waals surface area contributed by atoms with Gasteiger partial charge in [0.2, 0.25) is 0 Å². The Bertz CT molecular complexity index is 374. The highest BCUT2D eigenvalue weighted by atomic mass is 32.1. The number of nitrogens with zero attached hydrogens (tertiary/aromatic N) is 1. The lowest BCUT2D eigenvalue weighted by atomic mass is 9.71. The van der Waals surface area contributed by atoms with Crippen LogP contribution in [-0.2, 0) is 0 Å². The van der Waals surface area contributed by atoms with Gasteiger partial charge in [-0.2, -0.15) is 0 Å². The predicted octanol–water partition coefficient (Wildman–Crippen LogP) is 2.40. The maximum atomic E-state index is 12.2. The van der Waals surface area contributed by atoms with Crippen molar-refractivity contribution in [2.24, 2.45) is 11.1 Å². The van der Waals surface area contributed by atoms with Gasteiger partial charge in [0, 0.05) is 16.3 Å². The van der Waals surface area contributed by atoms with E-state index in [1.54, 1.807) is 5.38 Å². The van der Waals surface area contributed by atoms with Crippen LogP contribution < -0.4 is 5.73 Å². The molecule has 0 aliphatic heterocycles. The van der Waals surface area contributed by atoms with Crippen molar-refractivity contribution in [3.8, 4) is 0 Å². The summed E-state index contributed by atoms with van der Waals surface area (Å²) < 4.78 is 0. The average Bonchev–Trinajstić information content (AvgIpc) is 2.48. The molecular formula is C11H18N2OS. The Morgan fingerprint density at radius 3 is 2.27 bits per heavy atom. The third kappa shape index (κ3) is 2.26. The van der Waals surface area contributed by atoms with Crippen molar-refractivity contribution >= 4 is 17.1 Å². The minimum atomic E-state index is -0.604. The summed E-state index contributed by atoms with van der Waals surface area (Å²) >= 11 is 1.49. The Labute approximate surface area is 94.7 Å². The Morgan fingerprint density at radius 2 is 1.93 bits per heavy atom. The summed E-state index contributed by atoms with van der Waals surface area (Å²) in [5.41, 5.74) is 5.38. The van der Waals surface area contributed by atoms with Crippen molar-refractivity contribution in [3.63, 3.8) is 0 Å². The van der Waals surface area contributed by atoms with E-state index in [2.05, 4.69) is 4.98 Å². The van der Waals surface area contributed by atoms with E-state index in [-0.39, 0.29) is 5.78 Å². The van der Waals surface area contributed by atoms with Gasteiger partial charge in [0.25, 0.3) is 0 Å². The van der Waals surface area contributed by atoms with Crippen LogP contribution in [0.3, 0.4) is 0 Å². The number of ketones is 1. The van der Waals surface area contributed by atoms with Crippen molar-refractivity contribution < 1.29 is 4.79 Å². The van der Waals surface area contributed by atoms with Crippen molar-refractivity contribution in [2.75, 3.05) is 0 Å². The normalized spacial score (nSPS) is 12.9. The molecule has 0 radical (unpaired) electrons. The Hall–Kier alpha value is -0.740. The molecule has 15 heavy (non-hydrogen) atoms. The maximum Gasteiger partial charge on any atom is 0.189 e. The molecule has 0 unspecified atom stereocenters.